The lowest BCUT2D eigenvalue weighted by atomic mass is 9.98. The zero-order valence-electron chi connectivity index (χ0n) is 24.9. The fourth-order valence-electron chi connectivity index (χ4n) is 6.34. The van der Waals surface area contributed by atoms with Crippen molar-refractivity contribution in [1.29, 1.82) is 0 Å². The highest BCUT2D eigenvalue weighted by Crippen LogP contribution is 2.49. The number of carbonyl (C=O) groups is 2. The predicted molar refractivity (Wildman–Crippen MR) is 167 cm³/mol. The number of amides is 2. The maximum absolute atomic E-state index is 16.8. The highest BCUT2D eigenvalue weighted by Gasteiger charge is 2.44. The van der Waals surface area contributed by atoms with E-state index in [2.05, 4.69) is 21.9 Å². The Bertz CT molecular complexity index is 1990. The van der Waals surface area contributed by atoms with E-state index in [1.165, 1.54) is 21.6 Å². The Hall–Kier alpha value is -4.84. The minimum Gasteiger partial charge on any atom is -0.507 e. The zero-order chi connectivity index (χ0) is 32.5. The van der Waals surface area contributed by atoms with Crippen molar-refractivity contribution in [2.75, 3.05) is 23.3 Å². The average molecular weight is 635 g/mol. The lowest BCUT2D eigenvalue weighted by Crippen LogP contribution is -2.62. The summed E-state index contributed by atoms with van der Waals surface area (Å²) in [6, 6.07) is 3.52. The summed E-state index contributed by atoms with van der Waals surface area (Å²) in [5.41, 5.74) is -0.859. The number of aromatic nitrogens is 3. The molecule has 10 nitrogen and oxygen atoms in total. The summed E-state index contributed by atoms with van der Waals surface area (Å²) in [5, 5.41) is 13.0. The van der Waals surface area contributed by atoms with Gasteiger partial charge in [-0.25, -0.2) is 13.6 Å². The van der Waals surface area contributed by atoms with Crippen molar-refractivity contribution < 1.29 is 23.5 Å². The molecule has 2 aliphatic heterocycles. The van der Waals surface area contributed by atoms with Crippen molar-refractivity contribution in [2.24, 2.45) is 0 Å². The standard InChI is InChI=1S/C32H29ClF2N6O4/c1-6-20(43)39-12-16(5)40-18(13-39)31(44)37-27-23-29(24(33)22(25(27)35)21-17(34)8-7-9-19(21)42)41(32(45)38-30(23)40)28-15(4)10-11-36-26(28)14(2)3/h6-11,14,16,18,42H,1,12-13H2,2-5H3,(H,37,44). The van der Waals surface area contributed by atoms with Gasteiger partial charge in [-0.2, -0.15) is 4.98 Å². The van der Waals surface area contributed by atoms with Crippen molar-refractivity contribution in [3.8, 4) is 22.6 Å². The molecule has 2 unspecified atom stereocenters. The molecule has 6 rings (SSSR count). The molecular weight excluding hydrogens is 606 g/mol. The Morgan fingerprint density at radius 1 is 1.20 bits per heavy atom. The van der Waals surface area contributed by atoms with Gasteiger partial charge in [-0.1, -0.05) is 38.1 Å². The lowest BCUT2D eigenvalue weighted by Gasteiger charge is -2.44. The van der Waals surface area contributed by atoms with Gasteiger partial charge in [-0.05, 0) is 49.6 Å². The van der Waals surface area contributed by atoms with Crippen LogP contribution >= 0.6 is 11.6 Å². The van der Waals surface area contributed by atoms with Gasteiger partial charge in [0, 0.05) is 24.3 Å². The van der Waals surface area contributed by atoms with E-state index in [0.29, 0.717) is 16.9 Å². The second kappa shape index (κ2) is 11.0. The van der Waals surface area contributed by atoms with Gasteiger partial charge in [0.05, 0.1) is 45.1 Å². The monoisotopic (exact) mass is 634 g/mol. The third kappa shape index (κ3) is 4.54. The molecule has 0 radical (unpaired) electrons. The molecule has 0 bridgehead atoms. The largest absolute Gasteiger partial charge is 0.507 e. The van der Waals surface area contributed by atoms with Gasteiger partial charge in [-0.15, -0.1) is 0 Å². The third-order valence-corrected chi connectivity index (χ3v) is 8.70. The molecule has 1 saturated heterocycles. The molecule has 1 fully saturated rings. The summed E-state index contributed by atoms with van der Waals surface area (Å²) in [7, 11) is 0. The molecule has 45 heavy (non-hydrogen) atoms. The summed E-state index contributed by atoms with van der Waals surface area (Å²) in [4.78, 5) is 52.6. The third-order valence-electron chi connectivity index (χ3n) is 8.33. The second-order valence-corrected chi connectivity index (χ2v) is 11.9. The first-order valence-corrected chi connectivity index (χ1v) is 14.7. The number of phenolic OH excluding ortho intramolecular Hbond substituents is 1. The molecule has 2 N–H and O–H groups in total. The molecule has 2 aliphatic rings. The predicted octanol–water partition coefficient (Wildman–Crippen LogP) is 5.06. The maximum atomic E-state index is 16.8. The number of pyridine rings is 1. The fraction of sp³-hybridized carbons (Fsp3) is 0.281. The summed E-state index contributed by atoms with van der Waals surface area (Å²) >= 11 is 7.03. The van der Waals surface area contributed by atoms with Crippen molar-refractivity contribution in [2.45, 2.75) is 45.7 Å². The SMILES string of the molecule is C=CC(=O)N1CC(C)N2c3nc(=O)n(-c4c(C)ccnc4C(C)C)c4c(Cl)c(-c5c(O)cccc5F)c(F)c(c34)NC(=O)C2C1. The van der Waals surface area contributed by atoms with Gasteiger partial charge in [0.2, 0.25) is 11.8 Å². The Kier molecular flexibility index (Phi) is 7.35. The van der Waals surface area contributed by atoms with E-state index < -0.39 is 63.8 Å². The number of aromatic hydroxyl groups is 1. The number of nitrogens with one attached hydrogen (secondary N) is 1. The Morgan fingerprint density at radius 3 is 2.60 bits per heavy atom. The number of benzene rings is 2. The van der Waals surface area contributed by atoms with E-state index in [-0.39, 0.29) is 40.8 Å². The Labute approximate surface area is 261 Å². The summed E-state index contributed by atoms with van der Waals surface area (Å²) < 4.78 is 33.4. The number of nitrogens with zero attached hydrogens (tertiary/aromatic N) is 5. The van der Waals surface area contributed by atoms with E-state index in [9.17, 15) is 19.5 Å². The number of fused-ring (bicyclic) bond motifs is 2. The van der Waals surface area contributed by atoms with Crippen LogP contribution in [0.3, 0.4) is 0 Å². The first kappa shape index (κ1) is 30.2. The summed E-state index contributed by atoms with van der Waals surface area (Å²) in [6.07, 6.45) is 2.74. The molecule has 0 aliphatic carbocycles. The number of phenols is 1. The van der Waals surface area contributed by atoms with Gasteiger partial charge >= 0.3 is 5.69 Å². The molecule has 2 atom stereocenters. The molecule has 13 heteroatoms. The Balaban J connectivity index is 1.81. The van der Waals surface area contributed by atoms with E-state index in [4.69, 9.17) is 11.6 Å². The molecule has 232 valence electrons. The maximum Gasteiger partial charge on any atom is 0.354 e. The van der Waals surface area contributed by atoms with Crippen LogP contribution < -0.4 is 15.9 Å². The van der Waals surface area contributed by atoms with E-state index >= 15 is 8.78 Å². The molecule has 2 aromatic carbocycles. The van der Waals surface area contributed by atoms with Crippen LogP contribution in [-0.2, 0) is 9.59 Å². The summed E-state index contributed by atoms with van der Waals surface area (Å²) in [5.74, 6) is -4.00. The van der Waals surface area contributed by atoms with Crippen LogP contribution in [0.25, 0.3) is 27.7 Å². The number of hydrogen-bond donors (Lipinski definition) is 2. The minimum atomic E-state index is -1.13. The van der Waals surface area contributed by atoms with Crippen LogP contribution in [0.1, 0.15) is 37.9 Å². The number of piperazine rings is 1. The van der Waals surface area contributed by atoms with Gasteiger partial charge in [0.25, 0.3) is 0 Å². The van der Waals surface area contributed by atoms with Crippen molar-refractivity contribution in [3.63, 3.8) is 0 Å². The Morgan fingerprint density at radius 2 is 1.93 bits per heavy atom. The molecule has 4 heterocycles. The molecule has 4 aromatic rings. The van der Waals surface area contributed by atoms with Crippen LogP contribution in [0.15, 0.2) is 47.9 Å². The van der Waals surface area contributed by atoms with Crippen molar-refractivity contribution in [3.05, 3.63) is 81.5 Å². The topological polar surface area (TPSA) is 121 Å². The van der Waals surface area contributed by atoms with E-state index in [1.54, 1.807) is 31.0 Å². The van der Waals surface area contributed by atoms with Gasteiger partial charge in [0.1, 0.15) is 23.4 Å². The number of carbonyl (C=O) groups excluding carboxylic acids is 2. The van der Waals surface area contributed by atoms with Crippen LogP contribution in [0.5, 0.6) is 5.75 Å². The lowest BCUT2D eigenvalue weighted by molar-refractivity contribution is -0.128. The number of anilines is 2. The number of aryl methyl sites for hydroxylation is 1. The first-order chi connectivity index (χ1) is 21.4. The zero-order valence-corrected chi connectivity index (χ0v) is 25.6. The molecule has 0 spiro atoms. The molecular formula is C32H29ClF2N6O4. The number of rotatable bonds is 4. The van der Waals surface area contributed by atoms with Crippen LogP contribution in [0, 0.1) is 18.6 Å². The van der Waals surface area contributed by atoms with Crippen LogP contribution in [-0.4, -0.2) is 61.5 Å². The van der Waals surface area contributed by atoms with Crippen LogP contribution in [0.4, 0.5) is 20.3 Å². The average Bonchev–Trinajstić information content (AvgIpc) is 3.11. The normalized spacial score (nSPS) is 17.7. The smallest absolute Gasteiger partial charge is 0.354 e. The molecule has 2 amide bonds. The van der Waals surface area contributed by atoms with Crippen molar-refractivity contribution in [1.82, 2.24) is 19.4 Å². The van der Waals surface area contributed by atoms with Gasteiger partial charge in [-0.3, -0.25) is 19.1 Å². The number of halogens is 3. The number of hydrogen-bond acceptors (Lipinski definition) is 7. The second-order valence-electron chi connectivity index (χ2n) is 11.5. The van der Waals surface area contributed by atoms with E-state index in [0.717, 1.165) is 12.1 Å². The molecule has 0 saturated carbocycles. The van der Waals surface area contributed by atoms with E-state index in [1.807, 2.05) is 13.8 Å². The quantitative estimate of drug-likeness (QED) is 0.301. The highest BCUT2D eigenvalue weighted by atomic mass is 35.5. The van der Waals surface area contributed by atoms with Gasteiger partial charge < -0.3 is 20.2 Å². The fourth-order valence-corrected chi connectivity index (χ4v) is 6.70. The summed E-state index contributed by atoms with van der Waals surface area (Å²) in [6.45, 7) is 10.9. The van der Waals surface area contributed by atoms with Crippen molar-refractivity contribution >= 4 is 45.8 Å². The van der Waals surface area contributed by atoms with Gasteiger partial charge in [0.15, 0.2) is 5.82 Å². The highest BCUT2D eigenvalue weighted by molar-refractivity contribution is 6.39. The first-order valence-electron chi connectivity index (χ1n) is 14.3. The minimum absolute atomic E-state index is 0.000774. The van der Waals surface area contributed by atoms with Crippen LogP contribution in [0.2, 0.25) is 5.02 Å². The molecule has 2 aromatic heterocycles.